The molecule has 0 saturated heterocycles. The zero-order valence-corrected chi connectivity index (χ0v) is 13.8. The van der Waals surface area contributed by atoms with Crippen LogP contribution in [0.2, 0.25) is 0 Å². The molecule has 0 radical (unpaired) electrons. The third kappa shape index (κ3) is 2.72. The van der Waals surface area contributed by atoms with Gasteiger partial charge in [0, 0.05) is 5.39 Å². The summed E-state index contributed by atoms with van der Waals surface area (Å²) < 4.78 is 7.30. The van der Waals surface area contributed by atoms with Gasteiger partial charge in [0.15, 0.2) is 0 Å². The maximum atomic E-state index is 12.3. The van der Waals surface area contributed by atoms with Gasteiger partial charge in [-0.25, -0.2) is 9.97 Å². The Balaban J connectivity index is 2.22. The molecule has 0 aliphatic carbocycles. The number of nitrogens with zero attached hydrogens (tertiary/aromatic N) is 3. The number of aromatic nitrogens is 3. The molecular weight excluding hydrogens is 292 g/mol. The summed E-state index contributed by atoms with van der Waals surface area (Å²) in [5.41, 5.74) is 8.13. The van der Waals surface area contributed by atoms with Crippen molar-refractivity contribution >= 4 is 33.7 Å². The van der Waals surface area contributed by atoms with Crippen LogP contribution in [0.1, 0.15) is 26.3 Å². The number of ether oxygens (including phenoxy) is 1. The van der Waals surface area contributed by atoms with Crippen LogP contribution in [-0.2, 0) is 16.1 Å². The largest absolute Gasteiger partial charge is 0.459 e. The topological polar surface area (TPSA) is 83.0 Å². The monoisotopic (exact) mass is 312 g/mol. The molecule has 3 aromatic rings. The first kappa shape index (κ1) is 15.3. The van der Waals surface area contributed by atoms with Crippen molar-refractivity contribution in [3.63, 3.8) is 0 Å². The van der Waals surface area contributed by atoms with Crippen LogP contribution in [0.4, 0.5) is 5.82 Å². The molecule has 6 heteroatoms. The molecule has 0 aliphatic heterocycles. The van der Waals surface area contributed by atoms with Crippen molar-refractivity contribution in [3.05, 3.63) is 30.1 Å². The number of benzene rings is 1. The summed E-state index contributed by atoms with van der Waals surface area (Å²) in [5.74, 6) is 0.102. The van der Waals surface area contributed by atoms with E-state index in [2.05, 4.69) is 9.97 Å². The quantitative estimate of drug-likeness (QED) is 0.736. The lowest BCUT2D eigenvalue weighted by Crippen LogP contribution is -2.26. The van der Waals surface area contributed by atoms with E-state index in [9.17, 15) is 4.79 Å². The van der Waals surface area contributed by atoms with Gasteiger partial charge in [0.25, 0.3) is 0 Å². The lowest BCUT2D eigenvalue weighted by atomic mass is 10.1. The molecule has 3 rings (SSSR count). The molecule has 23 heavy (non-hydrogen) atoms. The summed E-state index contributed by atoms with van der Waals surface area (Å²) in [4.78, 5) is 20.7. The number of rotatable bonds is 2. The Hall–Kier alpha value is -2.63. The molecule has 2 heterocycles. The predicted molar refractivity (Wildman–Crippen MR) is 90.0 cm³/mol. The number of aryl methyl sites for hydroxylation is 1. The van der Waals surface area contributed by atoms with Crippen molar-refractivity contribution in [2.24, 2.45) is 0 Å². The third-order valence-corrected chi connectivity index (χ3v) is 3.60. The summed E-state index contributed by atoms with van der Waals surface area (Å²) in [6, 6.07) is 5.92. The molecule has 1 aromatic carbocycles. The van der Waals surface area contributed by atoms with Gasteiger partial charge in [0.1, 0.15) is 29.9 Å². The number of esters is 1. The predicted octanol–water partition coefficient (Wildman–Crippen LogP) is 2.82. The van der Waals surface area contributed by atoms with Crippen LogP contribution in [0.5, 0.6) is 0 Å². The van der Waals surface area contributed by atoms with Gasteiger partial charge in [-0.15, -0.1) is 0 Å². The van der Waals surface area contributed by atoms with Gasteiger partial charge in [0.05, 0.1) is 10.9 Å². The van der Waals surface area contributed by atoms with Gasteiger partial charge < -0.3 is 15.0 Å². The number of anilines is 1. The first-order valence-corrected chi connectivity index (χ1v) is 7.48. The van der Waals surface area contributed by atoms with Crippen LogP contribution in [0.3, 0.4) is 0 Å². The van der Waals surface area contributed by atoms with E-state index < -0.39 is 5.60 Å². The Morgan fingerprint density at radius 1 is 1.30 bits per heavy atom. The average Bonchev–Trinajstić information content (AvgIpc) is 2.74. The van der Waals surface area contributed by atoms with Crippen LogP contribution in [0.25, 0.3) is 21.9 Å². The lowest BCUT2D eigenvalue weighted by molar-refractivity contribution is -0.155. The van der Waals surface area contributed by atoms with Gasteiger partial charge in [-0.3, -0.25) is 4.79 Å². The first-order chi connectivity index (χ1) is 10.8. The molecule has 0 saturated carbocycles. The molecule has 0 atom stereocenters. The highest BCUT2D eigenvalue weighted by molar-refractivity contribution is 6.12. The second-order valence-corrected chi connectivity index (χ2v) is 6.60. The van der Waals surface area contributed by atoms with Crippen LogP contribution in [-0.4, -0.2) is 26.1 Å². The van der Waals surface area contributed by atoms with Crippen LogP contribution < -0.4 is 5.73 Å². The lowest BCUT2D eigenvalue weighted by Gasteiger charge is -2.20. The highest BCUT2D eigenvalue weighted by Gasteiger charge is 2.21. The fourth-order valence-electron chi connectivity index (χ4n) is 2.83. The van der Waals surface area contributed by atoms with Gasteiger partial charge in [-0.2, -0.15) is 0 Å². The highest BCUT2D eigenvalue weighted by atomic mass is 16.6. The maximum absolute atomic E-state index is 12.3. The molecule has 0 amide bonds. The zero-order chi connectivity index (χ0) is 16.8. The fourth-order valence-corrected chi connectivity index (χ4v) is 2.83. The maximum Gasteiger partial charge on any atom is 0.326 e. The number of fused-ring (bicyclic) bond motifs is 3. The molecule has 6 nitrogen and oxygen atoms in total. The summed E-state index contributed by atoms with van der Waals surface area (Å²) in [6.45, 7) is 7.63. The second kappa shape index (κ2) is 5.22. The highest BCUT2D eigenvalue weighted by Crippen LogP contribution is 2.32. The van der Waals surface area contributed by atoms with E-state index in [0.717, 1.165) is 21.9 Å². The molecular formula is C17H20N4O2. The van der Waals surface area contributed by atoms with E-state index in [1.807, 2.05) is 50.5 Å². The van der Waals surface area contributed by atoms with Crippen LogP contribution in [0.15, 0.2) is 24.5 Å². The van der Waals surface area contributed by atoms with E-state index in [-0.39, 0.29) is 12.5 Å². The van der Waals surface area contributed by atoms with Crippen LogP contribution in [0, 0.1) is 6.92 Å². The minimum Gasteiger partial charge on any atom is -0.459 e. The molecule has 0 aliphatic rings. The summed E-state index contributed by atoms with van der Waals surface area (Å²) >= 11 is 0. The number of carbonyl (C=O) groups excluding carboxylic acids is 1. The average molecular weight is 312 g/mol. The number of hydrogen-bond donors (Lipinski definition) is 1. The molecule has 2 aromatic heterocycles. The van der Waals surface area contributed by atoms with Gasteiger partial charge in [-0.05, 0) is 33.3 Å². The standard InChI is InChI=1S/C17H20N4O2/c1-10-6-5-7-11-13-15(18)19-9-20-16(13)21(14(10)11)8-12(22)23-17(2,3)4/h5-7,9H,8H2,1-4H3,(H2,18,19,20). The van der Waals surface area contributed by atoms with E-state index >= 15 is 0 Å². The van der Waals surface area contributed by atoms with Crippen molar-refractivity contribution in [3.8, 4) is 0 Å². The number of carbonyl (C=O) groups is 1. The molecule has 2 N–H and O–H groups in total. The zero-order valence-electron chi connectivity index (χ0n) is 13.8. The number of para-hydroxylation sites is 1. The molecule has 120 valence electrons. The van der Waals surface area contributed by atoms with Crippen molar-refractivity contribution in [2.45, 2.75) is 39.8 Å². The Bertz CT molecular complexity index is 906. The van der Waals surface area contributed by atoms with Crippen molar-refractivity contribution in [1.82, 2.24) is 14.5 Å². The smallest absolute Gasteiger partial charge is 0.326 e. The SMILES string of the molecule is Cc1cccc2c3c(N)ncnc3n(CC(=O)OC(C)(C)C)c12. The summed E-state index contributed by atoms with van der Waals surface area (Å²) in [7, 11) is 0. The van der Waals surface area contributed by atoms with Gasteiger partial charge >= 0.3 is 5.97 Å². The van der Waals surface area contributed by atoms with E-state index in [1.54, 1.807) is 0 Å². The Kier molecular flexibility index (Phi) is 3.47. The van der Waals surface area contributed by atoms with E-state index in [0.29, 0.717) is 11.5 Å². The summed E-state index contributed by atoms with van der Waals surface area (Å²) in [6.07, 6.45) is 1.41. The Labute approximate surface area is 134 Å². The van der Waals surface area contributed by atoms with Gasteiger partial charge in [-0.1, -0.05) is 18.2 Å². The van der Waals surface area contributed by atoms with Crippen molar-refractivity contribution in [2.75, 3.05) is 5.73 Å². The number of nitrogens with two attached hydrogens (primary N) is 1. The fraction of sp³-hybridized carbons (Fsp3) is 0.353. The minimum absolute atomic E-state index is 0.0819. The number of nitrogen functional groups attached to an aromatic ring is 1. The van der Waals surface area contributed by atoms with Crippen molar-refractivity contribution < 1.29 is 9.53 Å². The first-order valence-electron chi connectivity index (χ1n) is 7.48. The second-order valence-electron chi connectivity index (χ2n) is 6.60. The molecule has 0 unspecified atom stereocenters. The normalized spacial score (nSPS) is 12.0. The van der Waals surface area contributed by atoms with Gasteiger partial charge in [0.2, 0.25) is 0 Å². The van der Waals surface area contributed by atoms with E-state index in [4.69, 9.17) is 10.5 Å². The van der Waals surface area contributed by atoms with E-state index in [1.165, 1.54) is 6.33 Å². The Morgan fingerprint density at radius 2 is 2.04 bits per heavy atom. The Morgan fingerprint density at radius 3 is 2.74 bits per heavy atom. The molecule has 0 bridgehead atoms. The van der Waals surface area contributed by atoms with Crippen LogP contribution >= 0.6 is 0 Å². The van der Waals surface area contributed by atoms with Crippen molar-refractivity contribution in [1.29, 1.82) is 0 Å². The number of hydrogen-bond acceptors (Lipinski definition) is 5. The third-order valence-electron chi connectivity index (χ3n) is 3.60. The minimum atomic E-state index is -0.529. The molecule has 0 spiro atoms. The summed E-state index contributed by atoms with van der Waals surface area (Å²) in [5, 5.41) is 1.72. The molecule has 0 fully saturated rings.